The van der Waals surface area contributed by atoms with Crippen molar-refractivity contribution in [2.45, 2.75) is 37.8 Å². The van der Waals surface area contributed by atoms with E-state index < -0.39 is 0 Å². The second-order valence-electron chi connectivity index (χ2n) is 4.92. The van der Waals surface area contributed by atoms with Crippen LogP contribution < -0.4 is 16.4 Å². The second-order valence-corrected chi connectivity index (χ2v) is 4.92. The molecule has 2 rings (SSSR count). The van der Waals surface area contributed by atoms with Crippen LogP contribution in [0.1, 0.15) is 26.2 Å². The van der Waals surface area contributed by atoms with Crippen molar-refractivity contribution < 1.29 is 0 Å². The molecular formula is C10H21N3. The zero-order chi connectivity index (χ0) is 9.31. The highest BCUT2D eigenvalue weighted by atomic mass is 15.0. The van der Waals surface area contributed by atoms with Crippen molar-refractivity contribution in [1.82, 2.24) is 10.6 Å². The smallest absolute Gasteiger partial charge is 0.0221 e. The van der Waals surface area contributed by atoms with Crippen LogP contribution in [0.4, 0.5) is 0 Å². The lowest BCUT2D eigenvalue weighted by Crippen LogP contribution is -2.48. The van der Waals surface area contributed by atoms with E-state index in [1.165, 1.54) is 19.4 Å². The molecule has 0 radical (unpaired) electrons. The van der Waals surface area contributed by atoms with E-state index in [0.29, 0.717) is 6.04 Å². The van der Waals surface area contributed by atoms with E-state index in [4.69, 9.17) is 5.73 Å². The molecule has 2 heterocycles. The fourth-order valence-corrected chi connectivity index (χ4v) is 2.64. The van der Waals surface area contributed by atoms with Crippen LogP contribution in [-0.4, -0.2) is 31.2 Å². The van der Waals surface area contributed by atoms with Crippen molar-refractivity contribution in [3.05, 3.63) is 0 Å². The second kappa shape index (κ2) is 3.56. The number of fused-ring (bicyclic) bond motifs is 1. The Labute approximate surface area is 80.5 Å². The van der Waals surface area contributed by atoms with Crippen molar-refractivity contribution in [3.8, 4) is 0 Å². The SMILES string of the molecule is CC1(N)CCNC2CNCCC2C1. The zero-order valence-electron chi connectivity index (χ0n) is 8.47. The van der Waals surface area contributed by atoms with Crippen LogP contribution in [0.25, 0.3) is 0 Å². The Kier molecular flexibility index (Phi) is 2.58. The summed E-state index contributed by atoms with van der Waals surface area (Å²) in [5.41, 5.74) is 6.28. The Morgan fingerprint density at radius 1 is 1.38 bits per heavy atom. The van der Waals surface area contributed by atoms with E-state index in [1.807, 2.05) is 0 Å². The molecule has 3 atom stereocenters. The third-order valence-electron chi connectivity index (χ3n) is 3.46. The molecule has 3 nitrogen and oxygen atoms in total. The molecule has 0 aliphatic carbocycles. The number of hydrogen-bond acceptors (Lipinski definition) is 3. The summed E-state index contributed by atoms with van der Waals surface area (Å²) in [6, 6.07) is 0.666. The van der Waals surface area contributed by atoms with Crippen LogP contribution in [0.15, 0.2) is 0 Å². The molecule has 2 aliphatic rings. The molecule has 3 unspecified atom stereocenters. The lowest BCUT2D eigenvalue weighted by atomic mass is 9.82. The molecule has 0 bridgehead atoms. The van der Waals surface area contributed by atoms with Crippen LogP contribution in [-0.2, 0) is 0 Å². The molecule has 0 aromatic carbocycles. The van der Waals surface area contributed by atoms with Gasteiger partial charge in [0.2, 0.25) is 0 Å². The van der Waals surface area contributed by atoms with E-state index in [0.717, 1.165) is 25.4 Å². The molecular weight excluding hydrogens is 162 g/mol. The Morgan fingerprint density at radius 2 is 2.23 bits per heavy atom. The minimum Gasteiger partial charge on any atom is -0.325 e. The van der Waals surface area contributed by atoms with E-state index in [9.17, 15) is 0 Å². The van der Waals surface area contributed by atoms with Crippen molar-refractivity contribution in [2.24, 2.45) is 11.7 Å². The molecule has 0 aromatic heterocycles. The molecule has 0 saturated carbocycles. The van der Waals surface area contributed by atoms with Crippen LogP contribution in [0, 0.1) is 5.92 Å². The van der Waals surface area contributed by atoms with Crippen LogP contribution in [0.2, 0.25) is 0 Å². The van der Waals surface area contributed by atoms with Gasteiger partial charge in [-0.1, -0.05) is 0 Å². The summed E-state index contributed by atoms with van der Waals surface area (Å²) in [5, 5.41) is 7.03. The molecule has 3 heteroatoms. The molecule has 76 valence electrons. The topological polar surface area (TPSA) is 50.1 Å². The van der Waals surface area contributed by atoms with Gasteiger partial charge in [0, 0.05) is 18.1 Å². The summed E-state index contributed by atoms with van der Waals surface area (Å²) in [6.45, 7) is 5.56. The number of nitrogens with one attached hydrogen (secondary N) is 2. The average molecular weight is 183 g/mol. The van der Waals surface area contributed by atoms with Gasteiger partial charge >= 0.3 is 0 Å². The number of hydrogen-bond donors (Lipinski definition) is 3. The van der Waals surface area contributed by atoms with Gasteiger partial charge in [-0.15, -0.1) is 0 Å². The van der Waals surface area contributed by atoms with Gasteiger partial charge in [0.25, 0.3) is 0 Å². The van der Waals surface area contributed by atoms with Gasteiger partial charge < -0.3 is 16.4 Å². The minimum absolute atomic E-state index is 0.0593. The minimum atomic E-state index is 0.0593. The third-order valence-corrected chi connectivity index (χ3v) is 3.46. The van der Waals surface area contributed by atoms with Gasteiger partial charge in [-0.05, 0) is 45.2 Å². The van der Waals surface area contributed by atoms with E-state index in [-0.39, 0.29) is 5.54 Å². The molecule has 2 saturated heterocycles. The molecule has 0 aromatic rings. The molecule has 13 heavy (non-hydrogen) atoms. The van der Waals surface area contributed by atoms with Crippen molar-refractivity contribution in [3.63, 3.8) is 0 Å². The van der Waals surface area contributed by atoms with Crippen molar-refractivity contribution >= 4 is 0 Å². The maximum Gasteiger partial charge on any atom is 0.0221 e. The van der Waals surface area contributed by atoms with Crippen LogP contribution in [0.3, 0.4) is 0 Å². The highest BCUT2D eigenvalue weighted by Gasteiger charge is 2.33. The van der Waals surface area contributed by atoms with Gasteiger partial charge in [-0.25, -0.2) is 0 Å². The molecule has 2 fully saturated rings. The fourth-order valence-electron chi connectivity index (χ4n) is 2.64. The summed E-state index contributed by atoms with van der Waals surface area (Å²) in [5.74, 6) is 0.791. The van der Waals surface area contributed by atoms with Gasteiger partial charge in [-0.3, -0.25) is 0 Å². The Morgan fingerprint density at radius 3 is 3.08 bits per heavy atom. The normalized spacial score (nSPS) is 46.6. The van der Waals surface area contributed by atoms with E-state index in [1.54, 1.807) is 0 Å². The lowest BCUT2D eigenvalue weighted by Gasteiger charge is -2.33. The monoisotopic (exact) mass is 183 g/mol. The first-order valence-electron chi connectivity index (χ1n) is 5.40. The molecule has 0 amide bonds. The van der Waals surface area contributed by atoms with Crippen LogP contribution >= 0.6 is 0 Å². The lowest BCUT2D eigenvalue weighted by molar-refractivity contribution is 0.254. The highest BCUT2D eigenvalue weighted by molar-refractivity contribution is 4.94. The van der Waals surface area contributed by atoms with E-state index >= 15 is 0 Å². The number of rotatable bonds is 0. The quantitative estimate of drug-likeness (QED) is 0.498. The predicted octanol–water partition coefficient (Wildman–Crippen LogP) is 0.0653. The predicted molar refractivity (Wildman–Crippen MR) is 54.6 cm³/mol. The summed E-state index contributed by atoms with van der Waals surface area (Å²) < 4.78 is 0. The summed E-state index contributed by atoms with van der Waals surface area (Å²) >= 11 is 0. The standard InChI is InChI=1S/C10H21N3/c1-10(11)3-5-13-9-7-12-4-2-8(9)6-10/h8-9,12-13H,2-7,11H2,1H3. The fraction of sp³-hybridized carbons (Fsp3) is 1.00. The number of nitrogens with two attached hydrogens (primary N) is 1. The maximum atomic E-state index is 6.22. The molecule has 4 N–H and O–H groups in total. The first kappa shape index (κ1) is 9.44. The first-order chi connectivity index (χ1) is 6.17. The average Bonchev–Trinajstić information content (AvgIpc) is 2.21. The zero-order valence-corrected chi connectivity index (χ0v) is 8.47. The van der Waals surface area contributed by atoms with Gasteiger partial charge in [0.1, 0.15) is 0 Å². The Bertz CT molecular complexity index is 179. The molecule has 2 aliphatic heterocycles. The first-order valence-corrected chi connectivity index (χ1v) is 5.40. The Balaban J connectivity index is 2.03. The van der Waals surface area contributed by atoms with Crippen LogP contribution in [0.5, 0.6) is 0 Å². The summed E-state index contributed by atoms with van der Waals surface area (Å²) in [4.78, 5) is 0. The summed E-state index contributed by atoms with van der Waals surface area (Å²) in [6.07, 6.45) is 3.58. The number of piperidine rings is 1. The Hall–Kier alpha value is -0.120. The van der Waals surface area contributed by atoms with Gasteiger partial charge in [0.05, 0.1) is 0 Å². The highest BCUT2D eigenvalue weighted by Crippen LogP contribution is 2.27. The summed E-state index contributed by atoms with van der Waals surface area (Å²) in [7, 11) is 0. The molecule has 0 spiro atoms. The van der Waals surface area contributed by atoms with Crippen molar-refractivity contribution in [1.29, 1.82) is 0 Å². The maximum absolute atomic E-state index is 6.22. The third kappa shape index (κ3) is 2.22. The van der Waals surface area contributed by atoms with Crippen molar-refractivity contribution in [2.75, 3.05) is 19.6 Å². The van der Waals surface area contributed by atoms with Gasteiger partial charge in [0.15, 0.2) is 0 Å². The van der Waals surface area contributed by atoms with E-state index in [2.05, 4.69) is 17.6 Å². The van der Waals surface area contributed by atoms with Gasteiger partial charge in [-0.2, -0.15) is 0 Å². The largest absolute Gasteiger partial charge is 0.325 e.